The molecule has 0 N–H and O–H groups in total. The lowest BCUT2D eigenvalue weighted by atomic mass is 9.83. The normalized spacial score (nSPS) is 15.3. The summed E-state index contributed by atoms with van der Waals surface area (Å²) >= 11 is 0. The van der Waals surface area contributed by atoms with Gasteiger partial charge >= 0.3 is 0 Å². The lowest BCUT2D eigenvalue weighted by molar-refractivity contribution is 0.676. The molecule has 0 fully saturated rings. The summed E-state index contributed by atoms with van der Waals surface area (Å²) in [5.41, 5.74) is 9.99. The molecule has 0 saturated carbocycles. The van der Waals surface area contributed by atoms with Gasteiger partial charge in [0.15, 0.2) is 0 Å². The number of nitrogens with zero attached hydrogens (tertiary/aromatic N) is 4. The zero-order valence-electron chi connectivity index (χ0n) is 19.2. The molecular formula is C30H26N4. The minimum absolute atomic E-state index is 1.05. The Morgan fingerprint density at radius 2 is 0.853 bits per heavy atom. The Hall–Kier alpha value is -3.66. The average Bonchev–Trinajstić information content (AvgIpc) is 2.91. The number of benzene rings is 3. The Bertz CT molecular complexity index is 1400. The molecule has 5 aromatic rings. The van der Waals surface area contributed by atoms with Crippen LogP contribution in [-0.2, 0) is 25.7 Å². The van der Waals surface area contributed by atoms with Crippen LogP contribution in [0.5, 0.6) is 0 Å². The first kappa shape index (κ1) is 19.8. The number of hydrogen-bond acceptors (Lipinski definition) is 4. The largest absolute Gasteiger partial charge is 0.158 e. The number of aromatic nitrogens is 4. The molecule has 0 saturated heterocycles. The summed E-state index contributed by atoms with van der Waals surface area (Å²) in [5.74, 6) is 0. The summed E-state index contributed by atoms with van der Waals surface area (Å²) in [5, 5.41) is 23.3. The third-order valence-electron chi connectivity index (χ3n) is 7.74. The molecule has 0 spiro atoms. The number of aryl methyl sites for hydroxylation is 2. The predicted molar refractivity (Wildman–Crippen MR) is 137 cm³/mol. The Labute approximate surface area is 199 Å². The third-order valence-corrected chi connectivity index (χ3v) is 7.74. The minimum Gasteiger partial charge on any atom is -0.158 e. The Balaban J connectivity index is 1.62. The van der Waals surface area contributed by atoms with Crippen LogP contribution in [0.4, 0.5) is 0 Å². The van der Waals surface area contributed by atoms with Crippen LogP contribution < -0.4 is 0 Å². The molecule has 34 heavy (non-hydrogen) atoms. The van der Waals surface area contributed by atoms with E-state index in [-0.39, 0.29) is 0 Å². The van der Waals surface area contributed by atoms with Gasteiger partial charge in [-0.1, -0.05) is 48.5 Å². The Morgan fingerprint density at radius 1 is 0.471 bits per heavy atom. The second kappa shape index (κ2) is 7.98. The van der Waals surface area contributed by atoms with E-state index in [0.717, 1.165) is 37.1 Å². The van der Waals surface area contributed by atoms with Gasteiger partial charge in [-0.25, -0.2) is 0 Å². The fraction of sp³-hybridized carbons (Fsp3) is 0.267. The van der Waals surface area contributed by atoms with Gasteiger partial charge in [-0.05, 0) is 95.2 Å². The molecular weight excluding hydrogens is 416 g/mol. The van der Waals surface area contributed by atoms with Gasteiger partial charge in [0.1, 0.15) is 0 Å². The molecule has 2 heterocycles. The first-order chi connectivity index (χ1) is 16.9. The molecule has 0 atom stereocenters. The summed E-state index contributed by atoms with van der Waals surface area (Å²) in [6, 6.07) is 17.5. The zero-order valence-corrected chi connectivity index (χ0v) is 19.2. The van der Waals surface area contributed by atoms with E-state index in [0.29, 0.717) is 0 Å². The van der Waals surface area contributed by atoms with Crippen molar-refractivity contribution in [2.24, 2.45) is 0 Å². The van der Waals surface area contributed by atoms with Gasteiger partial charge in [-0.2, -0.15) is 20.4 Å². The molecule has 2 aromatic heterocycles. The van der Waals surface area contributed by atoms with Crippen molar-refractivity contribution in [3.8, 4) is 22.5 Å². The highest BCUT2D eigenvalue weighted by atomic mass is 15.1. The van der Waals surface area contributed by atoms with E-state index in [1.165, 1.54) is 80.6 Å². The van der Waals surface area contributed by atoms with Crippen molar-refractivity contribution in [2.75, 3.05) is 0 Å². The summed E-state index contributed by atoms with van der Waals surface area (Å²) in [4.78, 5) is 0. The molecule has 4 heteroatoms. The first-order valence-electron chi connectivity index (χ1n) is 12.5. The van der Waals surface area contributed by atoms with E-state index in [9.17, 15) is 0 Å². The molecule has 0 unspecified atom stereocenters. The van der Waals surface area contributed by atoms with Crippen LogP contribution in [0.3, 0.4) is 0 Å². The molecule has 0 bridgehead atoms. The second-order valence-corrected chi connectivity index (χ2v) is 9.65. The maximum Gasteiger partial charge on any atom is 0.0976 e. The highest BCUT2D eigenvalue weighted by molar-refractivity contribution is 6.21. The van der Waals surface area contributed by atoms with Gasteiger partial charge < -0.3 is 0 Å². The third kappa shape index (κ3) is 2.98. The topological polar surface area (TPSA) is 51.6 Å². The molecule has 0 radical (unpaired) electrons. The van der Waals surface area contributed by atoms with Crippen LogP contribution in [0.25, 0.3) is 44.1 Å². The quantitative estimate of drug-likeness (QED) is 0.287. The van der Waals surface area contributed by atoms with E-state index in [1.807, 2.05) is 12.4 Å². The van der Waals surface area contributed by atoms with E-state index in [4.69, 9.17) is 10.2 Å². The molecule has 4 nitrogen and oxygen atoms in total. The van der Waals surface area contributed by atoms with Crippen LogP contribution in [0, 0.1) is 0 Å². The molecule has 2 aliphatic carbocycles. The maximum absolute atomic E-state index is 4.76. The lowest BCUT2D eigenvalue weighted by Gasteiger charge is -2.23. The number of hydrogen-bond donors (Lipinski definition) is 0. The Morgan fingerprint density at radius 3 is 1.26 bits per heavy atom. The van der Waals surface area contributed by atoms with Crippen molar-refractivity contribution >= 4 is 21.5 Å². The fourth-order valence-electron chi connectivity index (χ4n) is 6.16. The second-order valence-electron chi connectivity index (χ2n) is 9.65. The summed E-state index contributed by atoms with van der Waals surface area (Å²) in [7, 11) is 0. The van der Waals surface area contributed by atoms with Gasteiger partial charge in [0.05, 0.1) is 23.8 Å². The van der Waals surface area contributed by atoms with Gasteiger partial charge in [0.2, 0.25) is 0 Å². The molecule has 2 aliphatic rings. The van der Waals surface area contributed by atoms with Crippen LogP contribution in [0.15, 0.2) is 60.9 Å². The monoisotopic (exact) mass is 442 g/mol. The van der Waals surface area contributed by atoms with E-state index in [1.54, 1.807) is 0 Å². The first-order valence-corrected chi connectivity index (χ1v) is 12.5. The molecule has 3 aromatic carbocycles. The SMILES string of the molecule is c1ccc2c(-c3nncc4c3CCCC4)c3ccccc3c(-c3nncc4c3CCCC4)c2c1. The van der Waals surface area contributed by atoms with Gasteiger partial charge in [0, 0.05) is 11.1 Å². The van der Waals surface area contributed by atoms with Gasteiger partial charge in [-0.3, -0.25) is 0 Å². The van der Waals surface area contributed by atoms with Crippen LogP contribution >= 0.6 is 0 Å². The molecule has 0 aliphatic heterocycles. The van der Waals surface area contributed by atoms with E-state index >= 15 is 0 Å². The zero-order chi connectivity index (χ0) is 22.5. The number of rotatable bonds is 2. The van der Waals surface area contributed by atoms with Crippen molar-refractivity contribution in [2.45, 2.75) is 51.4 Å². The molecule has 166 valence electrons. The predicted octanol–water partition coefficient (Wildman–Crippen LogP) is 6.66. The van der Waals surface area contributed by atoms with Crippen LogP contribution in [0.1, 0.15) is 47.9 Å². The van der Waals surface area contributed by atoms with Crippen molar-refractivity contribution in [3.63, 3.8) is 0 Å². The maximum atomic E-state index is 4.76. The van der Waals surface area contributed by atoms with E-state index < -0.39 is 0 Å². The average molecular weight is 443 g/mol. The summed E-state index contributed by atoms with van der Waals surface area (Å²) in [6.45, 7) is 0. The number of fused-ring (bicyclic) bond motifs is 4. The lowest BCUT2D eigenvalue weighted by Crippen LogP contribution is -2.09. The summed E-state index contributed by atoms with van der Waals surface area (Å²) in [6.07, 6.45) is 13.2. The minimum atomic E-state index is 1.05. The highest BCUT2D eigenvalue weighted by Crippen LogP contribution is 2.45. The van der Waals surface area contributed by atoms with Crippen LogP contribution in [-0.4, -0.2) is 20.4 Å². The van der Waals surface area contributed by atoms with Gasteiger partial charge in [-0.15, -0.1) is 0 Å². The van der Waals surface area contributed by atoms with Gasteiger partial charge in [0.25, 0.3) is 0 Å². The standard InChI is InChI=1S/C30H26N4/c1-3-11-21-19(9-1)17-31-33-29(21)27-23-13-5-7-15-25(23)28(26-16-8-6-14-24(26)27)30-22-12-4-2-10-20(22)18-32-34-30/h5-8,13-18H,1-4,9-12H2. The van der Waals surface area contributed by atoms with E-state index in [2.05, 4.69) is 58.7 Å². The molecule has 0 amide bonds. The van der Waals surface area contributed by atoms with Crippen molar-refractivity contribution in [1.82, 2.24) is 20.4 Å². The van der Waals surface area contributed by atoms with Crippen molar-refractivity contribution in [3.05, 3.63) is 83.2 Å². The Kier molecular flexibility index (Phi) is 4.64. The van der Waals surface area contributed by atoms with Crippen LogP contribution in [0.2, 0.25) is 0 Å². The van der Waals surface area contributed by atoms with Crippen molar-refractivity contribution < 1.29 is 0 Å². The smallest absolute Gasteiger partial charge is 0.0976 e. The summed E-state index contributed by atoms with van der Waals surface area (Å²) < 4.78 is 0. The highest BCUT2D eigenvalue weighted by Gasteiger charge is 2.25. The van der Waals surface area contributed by atoms with Crippen molar-refractivity contribution in [1.29, 1.82) is 0 Å². The fourth-order valence-corrected chi connectivity index (χ4v) is 6.16. The molecule has 7 rings (SSSR count).